The van der Waals surface area contributed by atoms with Crippen molar-refractivity contribution in [3.8, 4) is 17.2 Å². The van der Waals surface area contributed by atoms with Crippen LogP contribution in [0, 0.1) is 0 Å². The number of halogens is 1. The van der Waals surface area contributed by atoms with E-state index in [0.29, 0.717) is 22.3 Å². The Morgan fingerprint density at radius 1 is 1.11 bits per heavy atom. The summed E-state index contributed by atoms with van der Waals surface area (Å²) in [5, 5.41) is 6.83. The second-order valence-electron chi connectivity index (χ2n) is 5.91. The highest BCUT2D eigenvalue weighted by molar-refractivity contribution is 7.98. The van der Waals surface area contributed by atoms with Gasteiger partial charge in [-0.25, -0.2) is 14.6 Å². The molecule has 2 aromatic heterocycles. The van der Waals surface area contributed by atoms with Crippen molar-refractivity contribution < 1.29 is 9.47 Å². The van der Waals surface area contributed by atoms with Crippen molar-refractivity contribution in [3.63, 3.8) is 0 Å². The monoisotopic (exact) mass is 396 g/mol. The van der Waals surface area contributed by atoms with Crippen molar-refractivity contribution in [2.24, 2.45) is 0 Å². The molecule has 4 aromatic rings. The molecule has 2 aromatic carbocycles. The van der Waals surface area contributed by atoms with Gasteiger partial charge in [0.05, 0.1) is 22.3 Å². The van der Waals surface area contributed by atoms with Crippen LogP contribution in [0.15, 0.2) is 60.0 Å². The first-order valence-corrected chi connectivity index (χ1v) is 9.61. The number of hydrogen-bond acceptors (Lipinski definition) is 6. The van der Waals surface area contributed by atoms with Gasteiger partial charge in [0.25, 0.3) is 0 Å². The van der Waals surface area contributed by atoms with Crippen LogP contribution in [0.1, 0.15) is 5.56 Å². The lowest BCUT2D eigenvalue weighted by atomic mass is 10.2. The zero-order chi connectivity index (χ0) is 18.2. The Hall–Kier alpha value is -2.77. The zero-order valence-corrected chi connectivity index (χ0v) is 15.6. The van der Waals surface area contributed by atoms with Crippen molar-refractivity contribution >= 4 is 34.4 Å². The molecule has 0 radical (unpaired) electrons. The second kappa shape index (κ2) is 6.75. The maximum Gasteiger partial charge on any atom is 0.231 e. The number of aromatic nitrogens is 4. The third kappa shape index (κ3) is 2.98. The van der Waals surface area contributed by atoms with Crippen LogP contribution in [0.5, 0.6) is 11.5 Å². The Balaban J connectivity index is 1.45. The average molecular weight is 397 g/mol. The van der Waals surface area contributed by atoms with Crippen LogP contribution in [-0.4, -0.2) is 26.5 Å². The maximum absolute atomic E-state index is 6.27. The van der Waals surface area contributed by atoms with Crippen LogP contribution in [0.25, 0.3) is 16.7 Å². The van der Waals surface area contributed by atoms with E-state index < -0.39 is 0 Å². The molecule has 0 fully saturated rings. The molecule has 0 saturated carbocycles. The van der Waals surface area contributed by atoms with Crippen LogP contribution in [-0.2, 0) is 5.75 Å². The Bertz CT molecular complexity index is 1130. The fourth-order valence-corrected chi connectivity index (χ4v) is 4.13. The van der Waals surface area contributed by atoms with E-state index in [9.17, 15) is 0 Å². The van der Waals surface area contributed by atoms with Gasteiger partial charge >= 0.3 is 0 Å². The summed E-state index contributed by atoms with van der Waals surface area (Å²) in [5.41, 5.74) is 2.78. The number of rotatable bonds is 4. The Morgan fingerprint density at radius 2 is 2.00 bits per heavy atom. The molecule has 0 atom stereocenters. The van der Waals surface area contributed by atoms with Gasteiger partial charge in [0.2, 0.25) is 6.79 Å². The van der Waals surface area contributed by atoms with Gasteiger partial charge in [-0.1, -0.05) is 29.8 Å². The normalized spacial score (nSPS) is 12.6. The van der Waals surface area contributed by atoms with E-state index in [1.54, 1.807) is 24.3 Å². The van der Waals surface area contributed by atoms with Gasteiger partial charge in [0.1, 0.15) is 11.4 Å². The van der Waals surface area contributed by atoms with Crippen molar-refractivity contribution in [2.45, 2.75) is 10.8 Å². The molecule has 0 saturated heterocycles. The molecule has 3 heterocycles. The van der Waals surface area contributed by atoms with Crippen LogP contribution in [0.4, 0.5) is 0 Å². The molecule has 1 aliphatic heterocycles. The van der Waals surface area contributed by atoms with Crippen LogP contribution in [0.2, 0.25) is 5.02 Å². The zero-order valence-electron chi connectivity index (χ0n) is 14.0. The standard InChI is InChI=1S/C19H13ClN4O2S/c20-15-6-12(7-16-17(15)26-11-25-16)9-27-19-14-8-23-24(18(14)21-10-22-19)13-4-2-1-3-5-13/h1-8,10H,9,11H2. The minimum absolute atomic E-state index is 0.205. The van der Waals surface area contributed by atoms with Gasteiger partial charge in [-0.3, -0.25) is 0 Å². The summed E-state index contributed by atoms with van der Waals surface area (Å²) >= 11 is 7.88. The van der Waals surface area contributed by atoms with E-state index in [0.717, 1.165) is 27.3 Å². The van der Waals surface area contributed by atoms with Crippen LogP contribution in [0.3, 0.4) is 0 Å². The van der Waals surface area contributed by atoms with Crippen molar-refractivity contribution in [3.05, 3.63) is 65.6 Å². The SMILES string of the molecule is Clc1cc(CSc2ncnc3c2cnn3-c2ccccc2)cc2c1OCO2. The molecule has 6 nitrogen and oxygen atoms in total. The number of fused-ring (bicyclic) bond motifs is 2. The van der Waals surface area contributed by atoms with Gasteiger partial charge in [-0.05, 0) is 29.8 Å². The third-order valence-corrected chi connectivity index (χ3v) is 5.55. The molecule has 1 aliphatic rings. The van der Waals surface area contributed by atoms with Gasteiger partial charge in [0.15, 0.2) is 17.1 Å². The third-order valence-electron chi connectivity index (χ3n) is 4.19. The summed E-state index contributed by atoms with van der Waals surface area (Å²) < 4.78 is 12.6. The lowest BCUT2D eigenvalue weighted by Gasteiger charge is -2.06. The van der Waals surface area contributed by atoms with E-state index in [2.05, 4.69) is 15.1 Å². The Kier molecular flexibility index (Phi) is 4.10. The fraction of sp³-hybridized carbons (Fsp3) is 0.105. The molecule has 0 amide bonds. The molecule has 134 valence electrons. The van der Waals surface area contributed by atoms with Crippen LogP contribution < -0.4 is 9.47 Å². The van der Waals surface area contributed by atoms with Crippen molar-refractivity contribution in [1.82, 2.24) is 19.7 Å². The molecule has 8 heteroatoms. The van der Waals surface area contributed by atoms with Gasteiger partial charge in [-0.2, -0.15) is 5.10 Å². The van der Waals surface area contributed by atoms with Crippen molar-refractivity contribution in [2.75, 3.05) is 6.79 Å². The lowest BCUT2D eigenvalue weighted by Crippen LogP contribution is -1.97. The number of benzene rings is 2. The molecule has 0 spiro atoms. The van der Waals surface area contributed by atoms with E-state index in [1.807, 2.05) is 47.1 Å². The minimum Gasteiger partial charge on any atom is -0.454 e. The number of para-hydroxylation sites is 1. The minimum atomic E-state index is 0.205. The van der Waals surface area contributed by atoms with E-state index in [-0.39, 0.29) is 6.79 Å². The smallest absolute Gasteiger partial charge is 0.231 e. The summed E-state index contributed by atoms with van der Waals surface area (Å²) in [6.45, 7) is 0.205. The number of ether oxygens (including phenoxy) is 2. The number of nitrogens with zero attached hydrogens (tertiary/aromatic N) is 4. The summed E-state index contributed by atoms with van der Waals surface area (Å²) in [5.74, 6) is 1.99. The highest BCUT2D eigenvalue weighted by Crippen LogP contribution is 2.41. The Labute approximate surface area is 164 Å². The first kappa shape index (κ1) is 16.4. The molecule has 0 N–H and O–H groups in total. The molecular weight excluding hydrogens is 384 g/mol. The molecule has 0 bridgehead atoms. The largest absolute Gasteiger partial charge is 0.454 e. The summed E-state index contributed by atoms with van der Waals surface area (Å²) in [7, 11) is 0. The lowest BCUT2D eigenvalue weighted by molar-refractivity contribution is 0.174. The highest BCUT2D eigenvalue weighted by atomic mass is 35.5. The first-order valence-electron chi connectivity index (χ1n) is 8.24. The first-order chi connectivity index (χ1) is 13.3. The highest BCUT2D eigenvalue weighted by Gasteiger charge is 2.19. The topological polar surface area (TPSA) is 62.1 Å². The maximum atomic E-state index is 6.27. The second-order valence-corrected chi connectivity index (χ2v) is 7.28. The number of hydrogen-bond donors (Lipinski definition) is 0. The quantitative estimate of drug-likeness (QED) is 0.374. The van der Waals surface area contributed by atoms with Gasteiger partial charge < -0.3 is 9.47 Å². The predicted octanol–water partition coefficient (Wildman–Crippen LogP) is 4.49. The molecule has 0 aliphatic carbocycles. The predicted molar refractivity (Wildman–Crippen MR) is 104 cm³/mol. The summed E-state index contributed by atoms with van der Waals surface area (Å²) in [4.78, 5) is 8.85. The number of thioether (sulfide) groups is 1. The van der Waals surface area contributed by atoms with Gasteiger partial charge in [0, 0.05) is 5.75 Å². The average Bonchev–Trinajstić information content (AvgIpc) is 3.34. The molecular formula is C19H13ClN4O2S. The van der Waals surface area contributed by atoms with Gasteiger partial charge in [-0.15, -0.1) is 11.8 Å². The van der Waals surface area contributed by atoms with E-state index in [1.165, 1.54) is 0 Å². The molecule has 0 unspecified atom stereocenters. The Morgan fingerprint density at radius 3 is 2.89 bits per heavy atom. The van der Waals surface area contributed by atoms with Crippen LogP contribution >= 0.6 is 23.4 Å². The molecule has 5 rings (SSSR count). The van der Waals surface area contributed by atoms with Crippen molar-refractivity contribution in [1.29, 1.82) is 0 Å². The molecule has 27 heavy (non-hydrogen) atoms. The van der Waals surface area contributed by atoms with E-state index >= 15 is 0 Å². The fourth-order valence-electron chi connectivity index (χ4n) is 2.95. The van der Waals surface area contributed by atoms with E-state index in [4.69, 9.17) is 21.1 Å². The summed E-state index contributed by atoms with van der Waals surface area (Å²) in [6, 6.07) is 13.8. The summed E-state index contributed by atoms with van der Waals surface area (Å²) in [6.07, 6.45) is 3.37.